The second-order valence-corrected chi connectivity index (χ2v) is 5.73. The van der Waals surface area contributed by atoms with Gasteiger partial charge in [-0.2, -0.15) is 0 Å². The van der Waals surface area contributed by atoms with Crippen LogP contribution in [0.3, 0.4) is 0 Å². The van der Waals surface area contributed by atoms with Crippen LogP contribution in [0.5, 0.6) is 5.75 Å². The SMILES string of the molecule is CNC1CC(C(C)(C)C)Oc2cc(F)ccc21. The van der Waals surface area contributed by atoms with Gasteiger partial charge in [0.25, 0.3) is 0 Å². The fourth-order valence-corrected chi connectivity index (χ4v) is 2.24. The normalized spacial score (nSPS) is 24.1. The van der Waals surface area contributed by atoms with Gasteiger partial charge in [-0.25, -0.2) is 4.39 Å². The van der Waals surface area contributed by atoms with Crippen LogP contribution < -0.4 is 10.1 Å². The van der Waals surface area contributed by atoms with Crippen LogP contribution in [-0.4, -0.2) is 13.2 Å². The molecule has 1 heterocycles. The zero-order valence-electron chi connectivity index (χ0n) is 10.9. The molecule has 0 radical (unpaired) electrons. The highest BCUT2D eigenvalue weighted by Crippen LogP contribution is 2.40. The van der Waals surface area contributed by atoms with E-state index in [0.717, 1.165) is 12.0 Å². The van der Waals surface area contributed by atoms with E-state index in [2.05, 4.69) is 26.1 Å². The molecule has 0 saturated heterocycles. The van der Waals surface area contributed by atoms with Crippen molar-refractivity contribution in [2.24, 2.45) is 5.41 Å². The standard InChI is InChI=1S/C14H20FNO/c1-14(2,3)13-8-11(16-4)10-6-5-9(15)7-12(10)17-13/h5-7,11,13,16H,8H2,1-4H3. The summed E-state index contributed by atoms with van der Waals surface area (Å²) >= 11 is 0. The topological polar surface area (TPSA) is 21.3 Å². The van der Waals surface area contributed by atoms with Crippen LogP contribution in [-0.2, 0) is 0 Å². The summed E-state index contributed by atoms with van der Waals surface area (Å²) in [5, 5.41) is 3.28. The predicted octanol–water partition coefficient (Wildman–Crippen LogP) is 3.28. The van der Waals surface area contributed by atoms with E-state index in [1.807, 2.05) is 13.1 Å². The minimum absolute atomic E-state index is 0.0547. The van der Waals surface area contributed by atoms with Gasteiger partial charge in [-0.15, -0.1) is 0 Å². The molecule has 0 aromatic heterocycles. The van der Waals surface area contributed by atoms with E-state index < -0.39 is 0 Å². The Kier molecular flexibility index (Phi) is 3.13. The zero-order valence-corrected chi connectivity index (χ0v) is 10.9. The van der Waals surface area contributed by atoms with E-state index in [0.29, 0.717) is 5.75 Å². The monoisotopic (exact) mass is 237 g/mol. The number of benzene rings is 1. The van der Waals surface area contributed by atoms with Crippen molar-refractivity contribution >= 4 is 0 Å². The molecule has 1 aromatic rings. The van der Waals surface area contributed by atoms with Crippen LogP contribution in [0.4, 0.5) is 4.39 Å². The minimum atomic E-state index is -0.242. The molecule has 2 nitrogen and oxygen atoms in total. The van der Waals surface area contributed by atoms with Crippen LogP contribution in [0.15, 0.2) is 18.2 Å². The van der Waals surface area contributed by atoms with Gasteiger partial charge in [0.05, 0.1) is 0 Å². The van der Waals surface area contributed by atoms with E-state index in [-0.39, 0.29) is 23.4 Å². The van der Waals surface area contributed by atoms with Crippen molar-refractivity contribution in [1.29, 1.82) is 0 Å². The van der Waals surface area contributed by atoms with Crippen LogP contribution >= 0.6 is 0 Å². The third-order valence-corrected chi connectivity index (χ3v) is 3.38. The molecule has 1 aliphatic rings. The van der Waals surface area contributed by atoms with Gasteiger partial charge in [-0.3, -0.25) is 0 Å². The van der Waals surface area contributed by atoms with Crippen molar-refractivity contribution in [3.05, 3.63) is 29.6 Å². The average Bonchev–Trinajstić information content (AvgIpc) is 2.25. The Balaban J connectivity index is 2.37. The molecule has 1 aromatic carbocycles. The van der Waals surface area contributed by atoms with E-state index in [4.69, 9.17) is 4.74 Å². The molecular weight excluding hydrogens is 217 g/mol. The van der Waals surface area contributed by atoms with E-state index in [9.17, 15) is 4.39 Å². The van der Waals surface area contributed by atoms with Crippen molar-refractivity contribution in [3.8, 4) is 5.75 Å². The second kappa shape index (κ2) is 4.30. The smallest absolute Gasteiger partial charge is 0.127 e. The van der Waals surface area contributed by atoms with Crippen LogP contribution in [0.25, 0.3) is 0 Å². The number of halogens is 1. The van der Waals surface area contributed by atoms with Gasteiger partial charge < -0.3 is 10.1 Å². The van der Waals surface area contributed by atoms with Gasteiger partial charge >= 0.3 is 0 Å². The van der Waals surface area contributed by atoms with Crippen molar-refractivity contribution < 1.29 is 9.13 Å². The summed E-state index contributed by atoms with van der Waals surface area (Å²) in [4.78, 5) is 0. The molecule has 1 aliphatic heterocycles. The molecule has 17 heavy (non-hydrogen) atoms. The first-order valence-electron chi connectivity index (χ1n) is 6.05. The second-order valence-electron chi connectivity index (χ2n) is 5.73. The van der Waals surface area contributed by atoms with Crippen molar-refractivity contribution in [2.75, 3.05) is 7.05 Å². The number of rotatable bonds is 1. The highest BCUT2D eigenvalue weighted by molar-refractivity contribution is 5.38. The molecule has 2 rings (SSSR count). The third kappa shape index (κ3) is 2.44. The van der Waals surface area contributed by atoms with Crippen LogP contribution in [0.1, 0.15) is 38.8 Å². The lowest BCUT2D eigenvalue weighted by molar-refractivity contribution is 0.0536. The molecule has 94 valence electrons. The van der Waals surface area contributed by atoms with Gasteiger partial charge in [0, 0.05) is 24.1 Å². The molecule has 3 heteroatoms. The maximum atomic E-state index is 13.2. The largest absolute Gasteiger partial charge is 0.489 e. The maximum absolute atomic E-state index is 13.2. The van der Waals surface area contributed by atoms with Gasteiger partial charge in [0.15, 0.2) is 0 Å². The molecule has 1 N–H and O–H groups in total. The highest BCUT2D eigenvalue weighted by Gasteiger charge is 2.34. The first kappa shape index (κ1) is 12.4. The van der Waals surface area contributed by atoms with Gasteiger partial charge in [-0.1, -0.05) is 26.8 Å². The molecule has 0 aliphatic carbocycles. The summed E-state index contributed by atoms with van der Waals surface area (Å²) in [5.41, 5.74) is 1.11. The summed E-state index contributed by atoms with van der Waals surface area (Å²) in [5.74, 6) is 0.434. The number of nitrogens with one attached hydrogen (secondary N) is 1. The van der Waals surface area contributed by atoms with Crippen LogP contribution in [0, 0.1) is 11.2 Å². The maximum Gasteiger partial charge on any atom is 0.127 e. The fraction of sp³-hybridized carbons (Fsp3) is 0.571. The van der Waals surface area contributed by atoms with E-state index in [1.54, 1.807) is 0 Å². The van der Waals surface area contributed by atoms with Crippen molar-refractivity contribution in [2.45, 2.75) is 39.3 Å². The molecule has 0 amide bonds. The molecule has 0 fully saturated rings. The van der Waals surface area contributed by atoms with Gasteiger partial charge in [0.1, 0.15) is 17.7 Å². The number of ether oxygens (including phenoxy) is 1. The Bertz CT molecular complexity index is 411. The summed E-state index contributed by atoms with van der Waals surface area (Å²) in [7, 11) is 1.93. The lowest BCUT2D eigenvalue weighted by Gasteiger charge is -2.39. The quantitative estimate of drug-likeness (QED) is 0.809. The van der Waals surface area contributed by atoms with Crippen molar-refractivity contribution in [3.63, 3.8) is 0 Å². The highest BCUT2D eigenvalue weighted by atomic mass is 19.1. The third-order valence-electron chi connectivity index (χ3n) is 3.38. The average molecular weight is 237 g/mol. The Hall–Kier alpha value is -1.09. The summed E-state index contributed by atoms with van der Waals surface area (Å²) < 4.78 is 19.2. The molecule has 0 spiro atoms. The number of fused-ring (bicyclic) bond motifs is 1. The van der Waals surface area contributed by atoms with E-state index in [1.165, 1.54) is 12.1 Å². The predicted molar refractivity (Wildman–Crippen MR) is 66.7 cm³/mol. The molecule has 2 unspecified atom stereocenters. The number of hydrogen-bond donors (Lipinski definition) is 1. The summed E-state index contributed by atoms with van der Waals surface area (Å²) in [6, 6.07) is 5.02. The van der Waals surface area contributed by atoms with Gasteiger partial charge in [-0.05, 0) is 18.5 Å². The van der Waals surface area contributed by atoms with Crippen molar-refractivity contribution in [1.82, 2.24) is 5.32 Å². The summed E-state index contributed by atoms with van der Waals surface area (Å²) in [6.07, 6.45) is 1.02. The molecule has 0 bridgehead atoms. The van der Waals surface area contributed by atoms with E-state index >= 15 is 0 Å². The fourth-order valence-electron chi connectivity index (χ4n) is 2.24. The first-order chi connectivity index (χ1) is 7.91. The Morgan fingerprint density at radius 1 is 1.35 bits per heavy atom. The minimum Gasteiger partial charge on any atom is -0.489 e. The molecule has 2 atom stereocenters. The molecular formula is C14H20FNO. The summed E-state index contributed by atoms with van der Waals surface area (Å²) in [6.45, 7) is 6.44. The van der Waals surface area contributed by atoms with Gasteiger partial charge in [0.2, 0.25) is 0 Å². The lowest BCUT2D eigenvalue weighted by atomic mass is 9.82. The Morgan fingerprint density at radius 2 is 2.06 bits per heavy atom. The lowest BCUT2D eigenvalue weighted by Crippen LogP contribution is -2.39. The van der Waals surface area contributed by atoms with Crippen LogP contribution in [0.2, 0.25) is 0 Å². The zero-order chi connectivity index (χ0) is 12.6. The Morgan fingerprint density at radius 3 is 2.65 bits per heavy atom. The number of hydrogen-bond acceptors (Lipinski definition) is 2. The first-order valence-corrected chi connectivity index (χ1v) is 6.05. The molecule has 0 saturated carbocycles. The Labute approximate surface area is 102 Å².